The molecular weight excluding hydrogens is 468 g/mol. The minimum Gasteiger partial charge on any atom is -0.340 e. The standard InChI is InChI=1S/C29H28N4O2S/c34-27(23-14-8-3-9-15-23)30-25(18-21-10-4-1-5-11-21)28(35)32-29-31-24-16-17-33(20-26(24)36-29)19-22-12-6-2-7-13-22/h1-15,25H,16-20H2,(H,30,34)(H,31,32,35). The van der Waals surface area contributed by atoms with Gasteiger partial charge in [0.25, 0.3) is 5.91 Å². The molecule has 1 aromatic heterocycles. The normalized spacial score (nSPS) is 14.0. The zero-order valence-corrected chi connectivity index (χ0v) is 20.7. The molecule has 0 aliphatic carbocycles. The molecule has 0 saturated heterocycles. The van der Waals surface area contributed by atoms with Crippen molar-refractivity contribution in [1.29, 1.82) is 0 Å². The van der Waals surface area contributed by atoms with Crippen LogP contribution in [0.15, 0.2) is 91.0 Å². The number of thiazole rings is 1. The van der Waals surface area contributed by atoms with Crippen LogP contribution in [0.25, 0.3) is 0 Å². The zero-order valence-electron chi connectivity index (χ0n) is 19.9. The summed E-state index contributed by atoms with van der Waals surface area (Å²) in [6.45, 7) is 2.64. The second-order valence-corrected chi connectivity index (χ2v) is 9.99. The van der Waals surface area contributed by atoms with E-state index in [2.05, 4.69) is 39.8 Å². The zero-order chi connectivity index (χ0) is 24.7. The molecule has 1 aliphatic heterocycles. The summed E-state index contributed by atoms with van der Waals surface area (Å²) in [5.41, 5.74) is 3.83. The first-order chi connectivity index (χ1) is 17.6. The molecule has 1 unspecified atom stereocenters. The summed E-state index contributed by atoms with van der Waals surface area (Å²) >= 11 is 1.52. The second-order valence-electron chi connectivity index (χ2n) is 8.91. The molecule has 36 heavy (non-hydrogen) atoms. The van der Waals surface area contributed by atoms with Gasteiger partial charge < -0.3 is 10.6 Å². The predicted molar refractivity (Wildman–Crippen MR) is 143 cm³/mol. The molecule has 0 fully saturated rings. The summed E-state index contributed by atoms with van der Waals surface area (Å²) in [5, 5.41) is 6.47. The first-order valence-corrected chi connectivity index (χ1v) is 12.9. The highest BCUT2D eigenvalue weighted by Gasteiger charge is 2.25. The number of carbonyl (C=O) groups is 2. The SMILES string of the molecule is O=C(NC(Cc1ccccc1)C(=O)Nc1nc2c(s1)CN(Cc1ccccc1)CC2)c1ccccc1. The van der Waals surface area contributed by atoms with Crippen LogP contribution in [0.2, 0.25) is 0 Å². The minimum atomic E-state index is -0.726. The minimum absolute atomic E-state index is 0.268. The van der Waals surface area contributed by atoms with Crippen molar-refractivity contribution in [2.24, 2.45) is 0 Å². The van der Waals surface area contributed by atoms with Crippen molar-refractivity contribution in [2.75, 3.05) is 11.9 Å². The molecule has 1 atom stereocenters. The summed E-state index contributed by atoms with van der Waals surface area (Å²) in [6, 6.07) is 28.4. The molecule has 2 heterocycles. The van der Waals surface area contributed by atoms with Crippen molar-refractivity contribution in [3.63, 3.8) is 0 Å². The number of hydrogen-bond acceptors (Lipinski definition) is 5. The van der Waals surface area contributed by atoms with Gasteiger partial charge in [-0.05, 0) is 23.3 Å². The number of benzene rings is 3. The highest BCUT2D eigenvalue weighted by molar-refractivity contribution is 7.15. The number of nitrogens with one attached hydrogen (secondary N) is 2. The van der Waals surface area contributed by atoms with Gasteiger partial charge >= 0.3 is 0 Å². The van der Waals surface area contributed by atoms with E-state index < -0.39 is 6.04 Å². The lowest BCUT2D eigenvalue weighted by molar-refractivity contribution is -0.118. The van der Waals surface area contributed by atoms with Crippen LogP contribution in [-0.2, 0) is 30.7 Å². The van der Waals surface area contributed by atoms with Crippen LogP contribution in [0.4, 0.5) is 5.13 Å². The molecule has 3 aromatic carbocycles. The lowest BCUT2D eigenvalue weighted by Gasteiger charge is -2.25. The maximum Gasteiger partial charge on any atom is 0.251 e. The fourth-order valence-electron chi connectivity index (χ4n) is 4.36. The van der Waals surface area contributed by atoms with Gasteiger partial charge in [-0.1, -0.05) is 78.9 Å². The third-order valence-electron chi connectivity index (χ3n) is 6.23. The molecule has 0 spiro atoms. The predicted octanol–water partition coefficient (Wildman–Crippen LogP) is 4.68. The molecule has 6 nitrogen and oxygen atoms in total. The summed E-state index contributed by atoms with van der Waals surface area (Å²) in [7, 11) is 0. The number of fused-ring (bicyclic) bond motifs is 1. The van der Waals surface area contributed by atoms with E-state index >= 15 is 0 Å². The summed E-state index contributed by atoms with van der Waals surface area (Å²) in [6.07, 6.45) is 1.24. The Bertz CT molecular complexity index is 1310. The number of aromatic nitrogens is 1. The highest BCUT2D eigenvalue weighted by atomic mass is 32.1. The van der Waals surface area contributed by atoms with E-state index in [1.165, 1.54) is 21.8 Å². The summed E-state index contributed by atoms with van der Waals surface area (Å²) in [5.74, 6) is -0.544. The van der Waals surface area contributed by atoms with E-state index in [9.17, 15) is 9.59 Å². The van der Waals surface area contributed by atoms with Gasteiger partial charge in [0.15, 0.2) is 5.13 Å². The smallest absolute Gasteiger partial charge is 0.251 e. The largest absolute Gasteiger partial charge is 0.340 e. The van der Waals surface area contributed by atoms with E-state index in [-0.39, 0.29) is 11.8 Å². The van der Waals surface area contributed by atoms with E-state index in [0.717, 1.165) is 37.3 Å². The van der Waals surface area contributed by atoms with Crippen molar-refractivity contribution in [1.82, 2.24) is 15.2 Å². The van der Waals surface area contributed by atoms with E-state index in [1.54, 1.807) is 12.1 Å². The Morgan fingerprint density at radius 3 is 2.22 bits per heavy atom. The van der Waals surface area contributed by atoms with Crippen molar-refractivity contribution in [2.45, 2.75) is 32.0 Å². The number of carbonyl (C=O) groups excluding carboxylic acids is 2. The molecule has 0 saturated carbocycles. The molecular formula is C29H28N4O2S. The topological polar surface area (TPSA) is 74.3 Å². The number of rotatable bonds is 8. The van der Waals surface area contributed by atoms with Crippen molar-refractivity contribution >= 4 is 28.3 Å². The van der Waals surface area contributed by atoms with Gasteiger partial charge in [0.05, 0.1) is 5.69 Å². The molecule has 1 aliphatic rings. The Kier molecular flexibility index (Phi) is 7.50. The fourth-order valence-corrected chi connectivity index (χ4v) is 5.41. The maximum absolute atomic E-state index is 13.3. The number of nitrogens with zero attached hydrogens (tertiary/aromatic N) is 2. The maximum atomic E-state index is 13.3. The average molecular weight is 497 g/mol. The van der Waals surface area contributed by atoms with Crippen LogP contribution in [0, 0.1) is 0 Å². The van der Waals surface area contributed by atoms with Gasteiger partial charge in [0, 0.05) is 42.9 Å². The third kappa shape index (κ3) is 6.05. The number of anilines is 1. The van der Waals surface area contributed by atoms with Gasteiger partial charge in [-0.15, -0.1) is 11.3 Å². The first kappa shape index (κ1) is 23.9. The molecule has 7 heteroatoms. The Labute approximate surface area is 215 Å². The van der Waals surface area contributed by atoms with Crippen LogP contribution in [-0.4, -0.2) is 34.3 Å². The molecule has 182 valence electrons. The second kappa shape index (κ2) is 11.3. The van der Waals surface area contributed by atoms with Crippen LogP contribution in [0.1, 0.15) is 32.1 Å². The molecule has 2 amide bonds. The lowest BCUT2D eigenvalue weighted by Crippen LogP contribution is -2.45. The molecule has 0 bridgehead atoms. The summed E-state index contributed by atoms with van der Waals surface area (Å²) in [4.78, 5) is 34.5. The number of hydrogen-bond donors (Lipinski definition) is 2. The number of amides is 2. The van der Waals surface area contributed by atoms with Gasteiger partial charge in [-0.3, -0.25) is 14.5 Å². The van der Waals surface area contributed by atoms with Gasteiger partial charge in [0.1, 0.15) is 6.04 Å². The summed E-state index contributed by atoms with van der Waals surface area (Å²) < 4.78 is 0. The fraction of sp³-hybridized carbons (Fsp3) is 0.207. The monoisotopic (exact) mass is 496 g/mol. The Balaban J connectivity index is 1.27. The average Bonchev–Trinajstić information content (AvgIpc) is 3.31. The van der Waals surface area contributed by atoms with Crippen molar-refractivity contribution in [3.8, 4) is 0 Å². The quantitative estimate of drug-likeness (QED) is 0.371. The van der Waals surface area contributed by atoms with Crippen LogP contribution >= 0.6 is 11.3 Å². The Morgan fingerprint density at radius 1 is 0.889 bits per heavy atom. The van der Waals surface area contributed by atoms with Crippen LogP contribution in [0.5, 0.6) is 0 Å². The Hall–Kier alpha value is -3.81. The lowest BCUT2D eigenvalue weighted by atomic mass is 10.0. The third-order valence-corrected chi connectivity index (χ3v) is 7.23. The van der Waals surface area contributed by atoms with E-state index in [1.807, 2.05) is 54.6 Å². The van der Waals surface area contributed by atoms with Gasteiger partial charge in [-0.25, -0.2) is 4.98 Å². The van der Waals surface area contributed by atoms with Gasteiger partial charge in [0.2, 0.25) is 5.91 Å². The van der Waals surface area contributed by atoms with Crippen molar-refractivity contribution in [3.05, 3.63) is 118 Å². The van der Waals surface area contributed by atoms with Crippen molar-refractivity contribution < 1.29 is 9.59 Å². The molecule has 5 rings (SSSR count). The van der Waals surface area contributed by atoms with E-state index in [4.69, 9.17) is 4.98 Å². The van der Waals surface area contributed by atoms with Crippen LogP contribution in [0.3, 0.4) is 0 Å². The molecule has 0 radical (unpaired) electrons. The van der Waals surface area contributed by atoms with Crippen LogP contribution < -0.4 is 10.6 Å². The molecule has 2 N–H and O–H groups in total. The Morgan fingerprint density at radius 2 is 1.53 bits per heavy atom. The molecule has 4 aromatic rings. The van der Waals surface area contributed by atoms with Gasteiger partial charge in [-0.2, -0.15) is 0 Å². The highest BCUT2D eigenvalue weighted by Crippen LogP contribution is 2.29. The first-order valence-electron chi connectivity index (χ1n) is 12.1. The van der Waals surface area contributed by atoms with E-state index in [0.29, 0.717) is 17.1 Å².